The molecule has 1 aromatic heterocycles. The van der Waals surface area contributed by atoms with Crippen LogP contribution in [0.2, 0.25) is 0 Å². The molecule has 0 atom stereocenters. The molecule has 1 aliphatic carbocycles. The van der Waals surface area contributed by atoms with E-state index in [1.807, 2.05) is 5.32 Å². The maximum absolute atomic E-state index is 12.7. The molecule has 0 radical (unpaired) electrons. The van der Waals surface area contributed by atoms with Crippen molar-refractivity contribution in [3.05, 3.63) is 23.5 Å². The van der Waals surface area contributed by atoms with Gasteiger partial charge in [0.25, 0.3) is 5.91 Å². The van der Waals surface area contributed by atoms with Gasteiger partial charge >= 0.3 is 6.18 Å². The Hall–Kier alpha value is -1.79. The highest BCUT2D eigenvalue weighted by Gasteiger charge is 2.64. The summed E-state index contributed by atoms with van der Waals surface area (Å²) in [6.07, 6.45) is -3.25. The lowest BCUT2D eigenvalue weighted by Crippen LogP contribution is -2.48. The predicted octanol–water partition coefficient (Wildman–Crippen LogP) is 1.80. The van der Waals surface area contributed by atoms with Crippen molar-refractivity contribution in [2.24, 2.45) is 0 Å². The Labute approximate surface area is 101 Å². The number of rotatable bonds is 2. The van der Waals surface area contributed by atoms with E-state index in [9.17, 15) is 18.0 Å². The van der Waals surface area contributed by atoms with E-state index in [0.29, 0.717) is 5.69 Å². The van der Waals surface area contributed by atoms with Crippen LogP contribution in [-0.4, -0.2) is 22.6 Å². The second-order valence-corrected chi connectivity index (χ2v) is 4.44. The largest absolute Gasteiger partial charge is 0.411 e. The number of halogens is 3. The summed E-state index contributed by atoms with van der Waals surface area (Å²) in [5.41, 5.74) is 4.06. The average molecular weight is 259 g/mol. The Morgan fingerprint density at radius 3 is 2.61 bits per heavy atom. The number of anilines is 1. The molecule has 1 fully saturated rings. The van der Waals surface area contributed by atoms with Crippen LogP contribution in [0.3, 0.4) is 0 Å². The Morgan fingerprint density at radius 1 is 1.50 bits per heavy atom. The SMILES string of the molecule is Cc1ncc(N)cc1C(=O)NC1(C(F)(F)F)CC1. The highest BCUT2D eigenvalue weighted by atomic mass is 19.4. The lowest BCUT2D eigenvalue weighted by Gasteiger charge is -2.21. The first kappa shape index (κ1) is 12.7. The third-order valence-electron chi connectivity index (χ3n) is 3.00. The van der Waals surface area contributed by atoms with E-state index in [4.69, 9.17) is 5.73 Å². The number of nitrogens with zero attached hydrogens (tertiary/aromatic N) is 1. The summed E-state index contributed by atoms with van der Waals surface area (Å²) < 4.78 is 38.1. The number of nitrogen functional groups attached to an aromatic ring is 1. The number of hydrogen-bond acceptors (Lipinski definition) is 3. The van der Waals surface area contributed by atoms with Crippen LogP contribution in [-0.2, 0) is 0 Å². The molecule has 1 amide bonds. The third-order valence-corrected chi connectivity index (χ3v) is 3.00. The Morgan fingerprint density at radius 2 is 2.11 bits per heavy atom. The van der Waals surface area contributed by atoms with Crippen molar-refractivity contribution >= 4 is 11.6 Å². The topological polar surface area (TPSA) is 68.0 Å². The molecule has 0 unspecified atom stereocenters. The first-order chi connectivity index (χ1) is 8.25. The maximum Gasteiger partial charge on any atom is 0.411 e. The number of alkyl halides is 3. The van der Waals surface area contributed by atoms with Crippen LogP contribution in [0.15, 0.2) is 12.3 Å². The first-order valence-electron chi connectivity index (χ1n) is 5.36. The van der Waals surface area contributed by atoms with Crippen LogP contribution in [0, 0.1) is 6.92 Å². The number of aryl methyl sites for hydroxylation is 1. The molecule has 1 aromatic rings. The van der Waals surface area contributed by atoms with Crippen molar-refractivity contribution in [1.29, 1.82) is 0 Å². The van der Waals surface area contributed by atoms with Crippen LogP contribution in [0.1, 0.15) is 28.9 Å². The van der Waals surface area contributed by atoms with Gasteiger partial charge in [-0.1, -0.05) is 0 Å². The Kier molecular flexibility index (Phi) is 2.71. The summed E-state index contributed by atoms with van der Waals surface area (Å²) in [5.74, 6) is -0.790. The van der Waals surface area contributed by atoms with E-state index in [1.54, 1.807) is 6.92 Å². The lowest BCUT2D eigenvalue weighted by molar-refractivity contribution is -0.163. The fourth-order valence-corrected chi connectivity index (χ4v) is 1.67. The van der Waals surface area contributed by atoms with Crippen molar-refractivity contribution in [3.8, 4) is 0 Å². The molecule has 0 aromatic carbocycles. The summed E-state index contributed by atoms with van der Waals surface area (Å²) in [6.45, 7) is 1.54. The molecule has 0 bridgehead atoms. The minimum absolute atomic E-state index is 0.0746. The average Bonchev–Trinajstić information content (AvgIpc) is 3.01. The first-order valence-corrected chi connectivity index (χ1v) is 5.36. The van der Waals surface area contributed by atoms with Gasteiger partial charge in [-0.2, -0.15) is 13.2 Å². The van der Waals surface area contributed by atoms with Gasteiger partial charge in [0.1, 0.15) is 5.54 Å². The van der Waals surface area contributed by atoms with Crippen LogP contribution >= 0.6 is 0 Å². The highest BCUT2D eigenvalue weighted by molar-refractivity contribution is 5.96. The molecular weight excluding hydrogens is 247 g/mol. The summed E-state index contributed by atoms with van der Waals surface area (Å²) in [6, 6.07) is 1.32. The van der Waals surface area contributed by atoms with E-state index in [0.717, 1.165) is 0 Å². The number of carbonyl (C=O) groups is 1. The number of nitrogens with one attached hydrogen (secondary N) is 1. The molecule has 1 aliphatic rings. The zero-order valence-electron chi connectivity index (χ0n) is 9.64. The predicted molar refractivity (Wildman–Crippen MR) is 58.9 cm³/mol. The second-order valence-electron chi connectivity index (χ2n) is 4.44. The number of aromatic nitrogens is 1. The van der Waals surface area contributed by atoms with Gasteiger partial charge in [-0.3, -0.25) is 9.78 Å². The van der Waals surface area contributed by atoms with Gasteiger partial charge < -0.3 is 11.1 Å². The smallest absolute Gasteiger partial charge is 0.397 e. The number of amides is 1. The molecule has 3 N–H and O–H groups in total. The van der Waals surface area contributed by atoms with E-state index in [2.05, 4.69) is 4.98 Å². The van der Waals surface area contributed by atoms with E-state index >= 15 is 0 Å². The van der Waals surface area contributed by atoms with Crippen molar-refractivity contribution in [2.75, 3.05) is 5.73 Å². The summed E-state index contributed by atoms with van der Waals surface area (Å²) in [7, 11) is 0. The van der Waals surface area contributed by atoms with E-state index in [1.165, 1.54) is 12.3 Å². The monoisotopic (exact) mass is 259 g/mol. The lowest BCUT2D eigenvalue weighted by atomic mass is 10.1. The minimum Gasteiger partial charge on any atom is -0.397 e. The van der Waals surface area contributed by atoms with Gasteiger partial charge in [-0.25, -0.2) is 0 Å². The number of hydrogen-bond donors (Lipinski definition) is 2. The molecule has 98 valence electrons. The van der Waals surface area contributed by atoms with E-state index < -0.39 is 17.6 Å². The molecule has 1 heterocycles. The van der Waals surface area contributed by atoms with Gasteiger partial charge in [-0.15, -0.1) is 0 Å². The van der Waals surface area contributed by atoms with Crippen molar-refractivity contribution in [3.63, 3.8) is 0 Å². The van der Waals surface area contributed by atoms with Crippen LogP contribution in [0.4, 0.5) is 18.9 Å². The van der Waals surface area contributed by atoms with Crippen molar-refractivity contribution in [2.45, 2.75) is 31.5 Å². The zero-order chi connectivity index (χ0) is 13.6. The van der Waals surface area contributed by atoms with Gasteiger partial charge in [0, 0.05) is 0 Å². The second kappa shape index (κ2) is 3.86. The van der Waals surface area contributed by atoms with Crippen molar-refractivity contribution in [1.82, 2.24) is 10.3 Å². The molecule has 4 nitrogen and oxygen atoms in total. The van der Waals surface area contributed by atoms with Gasteiger partial charge in [-0.05, 0) is 25.8 Å². The fraction of sp³-hybridized carbons (Fsp3) is 0.455. The van der Waals surface area contributed by atoms with Gasteiger partial charge in [0.2, 0.25) is 0 Å². The number of pyridine rings is 1. The van der Waals surface area contributed by atoms with Crippen LogP contribution in [0.25, 0.3) is 0 Å². The number of carbonyl (C=O) groups excluding carboxylic acids is 1. The Bertz CT molecular complexity index is 495. The fourth-order valence-electron chi connectivity index (χ4n) is 1.67. The zero-order valence-corrected chi connectivity index (χ0v) is 9.64. The van der Waals surface area contributed by atoms with Gasteiger partial charge in [0.15, 0.2) is 0 Å². The molecule has 7 heteroatoms. The molecule has 18 heavy (non-hydrogen) atoms. The Balaban J connectivity index is 2.21. The molecular formula is C11H12F3N3O. The molecule has 2 rings (SSSR count). The normalized spacial score (nSPS) is 17.3. The summed E-state index contributed by atoms with van der Waals surface area (Å²) in [5, 5.41) is 2.03. The standard InChI is InChI=1S/C11H12F3N3O/c1-6-8(4-7(15)5-16-6)9(18)17-10(2-3-10)11(12,13)14/h4-5H,2-3,15H2,1H3,(H,17,18). The molecule has 1 saturated carbocycles. The maximum atomic E-state index is 12.7. The quantitative estimate of drug-likeness (QED) is 0.850. The summed E-state index contributed by atoms with van der Waals surface area (Å²) in [4.78, 5) is 15.7. The molecule has 0 spiro atoms. The molecule has 0 saturated heterocycles. The minimum atomic E-state index is -4.43. The number of nitrogens with two attached hydrogens (primary N) is 1. The molecule has 0 aliphatic heterocycles. The summed E-state index contributed by atoms with van der Waals surface area (Å²) >= 11 is 0. The van der Waals surface area contributed by atoms with Crippen LogP contribution < -0.4 is 11.1 Å². The van der Waals surface area contributed by atoms with Crippen LogP contribution in [0.5, 0.6) is 0 Å². The third kappa shape index (κ3) is 2.12. The highest BCUT2D eigenvalue weighted by Crippen LogP contribution is 2.49. The van der Waals surface area contributed by atoms with Crippen molar-refractivity contribution < 1.29 is 18.0 Å². The van der Waals surface area contributed by atoms with Gasteiger partial charge in [0.05, 0.1) is 23.1 Å². The van der Waals surface area contributed by atoms with E-state index in [-0.39, 0.29) is 24.1 Å².